The first-order valence-electron chi connectivity index (χ1n) is 18.5. The molecule has 0 aliphatic carbocycles. The highest BCUT2D eigenvalue weighted by molar-refractivity contribution is 6.20. The van der Waals surface area contributed by atoms with E-state index in [4.69, 9.17) is 18.2 Å². The maximum atomic E-state index is 6.57. The van der Waals surface area contributed by atoms with Gasteiger partial charge in [-0.3, -0.25) is 0 Å². The number of furan rings is 3. The van der Waals surface area contributed by atoms with Gasteiger partial charge in [-0.1, -0.05) is 103 Å². The van der Waals surface area contributed by atoms with Gasteiger partial charge in [0.05, 0.1) is 11.7 Å². The summed E-state index contributed by atoms with van der Waals surface area (Å²) in [7, 11) is 0. The van der Waals surface area contributed by atoms with Crippen LogP contribution in [-0.4, -0.2) is 5.84 Å². The molecule has 1 aliphatic heterocycles. The van der Waals surface area contributed by atoms with Crippen molar-refractivity contribution in [1.82, 2.24) is 5.32 Å². The van der Waals surface area contributed by atoms with E-state index < -0.39 is 0 Å². The van der Waals surface area contributed by atoms with E-state index in [0.717, 1.165) is 112 Å². The van der Waals surface area contributed by atoms with Crippen molar-refractivity contribution in [3.63, 3.8) is 0 Å². The van der Waals surface area contributed by atoms with E-state index in [1.165, 1.54) is 11.1 Å². The second-order valence-electron chi connectivity index (χ2n) is 14.3. The molecule has 5 heteroatoms. The average molecular weight is 699 g/mol. The van der Waals surface area contributed by atoms with E-state index in [-0.39, 0.29) is 6.04 Å². The number of hydrogen-bond acceptors (Lipinski definition) is 5. The monoisotopic (exact) mass is 698 g/mol. The van der Waals surface area contributed by atoms with Crippen LogP contribution >= 0.6 is 0 Å². The fourth-order valence-electron chi connectivity index (χ4n) is 8.42. The Balaban J connectivity index is 1.12. The van der Waals surface area contributed by atoms with Gasteiger partial charge in [-0.15, -0.1) is 0 Å². The van der Waals surface area contributed by atoms with Crippen LogP contribution in [-0.2, 0) is 0 Å². The van der Waals surface area contributed by atoms with E-state index in [1.807, 2.05) is 30.3 Å². The number of nitrogens with one attached hydrogen (secondary N) is 1. The Bertz CT molecular complexity index is 3160. The molecule has 0 amide bonds. The topological polar surface area (TPSA) is 63.8 Å². The van der Waals surface area contributed by atoms with E-state index in [9.17, 15) is 0 Å². The normalized spacial score (nSPS) is 16.7. The summed E-state index contributed by atoms with van der Waals surface area (Å²) in [5.41, 5.74) is 12.8. The molecule has 5 nitrogen and oxygen atoms in total. The van der Waals surface area contributed by atoms with Gasteiger partial charge in [0, 0.05) is 43.4 Å². The van der Waals surface area contributed by atoms with Gasteiger partial charge in [-0.25, -0.2) is 4.99 Å². The third-order valence-electron chi connectivity index (χ3n) is 11.1. The van der Waals surface area contributed by atoms with Crippen LogP contribution in [0, 0.1) is 0 Å². The highest BCUT2D eigenvalue weighted by atomic mass is 16.3. The zero-order chi connectivity index (χ0) is 35.8. The highest BCUT2D eigenvalue weighted by Gasteiger charge is 2.24. The number of benzene rings is 7. The minimum absolute atomic E-state index is 0.0651. The molecule has 1 N–H and O–H groups in total. The lowest BCUT2D eigenvalue weighted by atomic mass is 9.94. The van der Waals surface area contributed by atoms with Crippen LogP contribution in [0.25, 0.3) is 82.6 Å². The van der Waals surface area contributed by atoms with E-state index >= 15 is 0 Å². The first kappa shape index (κ1) is 30.7. The van der Waals surface area contributed by atoms with Crippen molar-refractivity contribution in [2.75, 3.05) is 0 Å². The quantitative estimate of drug-likeness (QED) is 0.199. The minimum Gasteiger partial charge on any atom is -0.456 e. The fraction of sp³-hybridized carbons (Fsp3) is 0.0816. The molecule has 0 saturated heterocycles. The van der Waals surface area contributed by atoms with Crippen molar-refractivity contribution in [2.24, 2.45) is 4.99 Å². The number of allylic oxidation sites excluding steroid dienone is 1. The number of rotatable bonds is 4. The molecule has 0 radical (unpaired) electrons. The molecule has 258 valence electrons. The van der Waals surface area contributed by atoms with Crippen LogP contribution in [0.5, 0.6) is 0 Å². The Labute approximate surface area is 310 Å². The molecule has 54 heavy (non-hydrogen) atoms. The largest absolute Gasteiger partial charge is 0.456 e. The number of para-hydroxylation sites is 2. The molecule has 0 saturated carbocycles. The molecular formula is C49H34N2O3. The van der Waals surface area contributed by atoms with Gasteiger partial charge in [0.2, 0.25) is 0 Å². The van der Waals surface area contributed by atoms with Crippen molar-refractivity contribution in [2.45, 2.75) is 25.8 Å². The van der Waals surface area contributed by atoms with Gasteiger partial charge < -0.3 is 18.6 Å². The Morgan fingerprint density at radius 2 is 1.11 bits per heavy atom. The van der Waals surface area contributed by atoms with Crippen molar-refractivity contribution < 1.29 is 13.3 Å². The molecule has 1 aliphatic rings. The van der Waals surface area contributed by atoms with Crippen LogP contribution in [0.3, 0.4) is 0 Å². The van der Waals surface area contributed by atoms with Crippen LogP contribution in [0.1, 0.15) is 42.5 Å². The lowest BCUT2D eigenvalue weighted by Crippen LogP contribution is -2.30. The Kier molecular flexibility index (Phi) is 6.89. The molecular weight excluding hydrogens is 665 g/mol. The van der Waals surface area contributed by atoms with Crippen LogP contribution in [0.4, 0.5) is 0 Å². The van der Waals surface area contributed by atoms with Gasteiger partial charge in [0.15, 0.2) is 0 Å². The maximum Gasteiger partial charge on any atom is 0.136 e. The first-order chi connectivity index (χ1) is 26.7. The van der Waals surface area contributed by atoms with Crippen molar-refractivity contribution in [3.8, 4) is 11.1 Å². The Morgan fingerprint density at radius 3 is 1.93 bits per heavy atom. The third-order valence-corrected chi connectivity index (χ3v) is 11.1. The summed E-state index contributed by atoms with van der Waals surface area (Å²) >= 11 is 0. The molecule has 11 rings (SSSR count). The predicted molar refractivity (Wildman–Crippen MR) is 221 cm³/mol. The van der Waals surface area contributed by atoms with Gasteiger partial charge >= 0.3 is 0 Å². The smallest absolute Gasteiger partial charge is 0.136 e. The molecule has 4 heterocycles. The third kappa shape index (κ3) is 4.89. The minimum atomic E-state index is 0.0651. The zero-order valence-electron chi connectivity index (χ0n) is 29.6. The zero-order valence-corrected chi connectivity index (χ0v) is 29.6. The Morgan fingerprint density at radius 1 is 0.500 bits per heavy atom. The SMILES string of the molecule is C/C1=C(/c2ccc3c(c2)oc2ccccc23)N=C(c2cccc3oc4ccc(-c5cccc6oc7ccccc7c56)cc4c23)NC(c2ccccc2)CC1. The van der Waals surface area contributed by atoms with E-state index in [1.54, 1.807) is 0 Å². The second kappa shape index (κ2) is 12.1. The summed E-state index contributed by atoms with van der Waals surface area (Å²) in [5.74, 6) is 0.809. The number of fused-ring (bicyclic) bond motifs is 9. The van der Waals surface area contributed by atoms with Crippen molar-refractivity contribution in [3.05, 3.63) is 174 Å². The standard InChI is InChI=1S/C49H34N2O3/c1-29-21-25-39(30-11-3-2-4-12-30)50-49(51-48(29)32-22-24-35-34-13-5-7-17-40(34)54-45(35)28-32)37-16-10-20-44-47(37)38-27-31(23-26-42(38)53-44)33-15-9-19-43-46(33)36-14-6-8-18-41(36)52-43/h2-20,22-24,26-28,39H,21,25H2,1H3,(H,50,51)/b48-29+. The summed E-state index contributed by atoms with van der Waals surface area (Å²) in [6, 6.07) is 52.8. The molecule has 7 aromatic carbocycles. The summed E-state index contributed by atoms with van der Waals surface area (Å²) in [6.45, 7) is 2.22. The summed E-state index contributed by atoms with van der Waals surface area (Å²) in [6.07, 6.45) is 1.81. The van der Waals surface area contributed by atoms with Crippen LogP contribution in [0.15, 0.2) is 175 Å². The number of aliphatic imine (C=N–C) groups is 1. The van der Waals surface area contributed by atoms with Gasteiger partial charge in [0.25, 0.3) is 0 Å². The molecule has 0 bridgehead atoms. The molecule has 0 fully saturated rings. The van der Waals surface area contributed by atoms with E-state index in [2.05, 4.69) is 134 Å². The first-order valence-corrected chi connectivity index (χ1v) is 18.5. The van der Waals surface area contributed by atoms with Gasteiger partial charge in [0.1, 0.15) is 39.3 Å². The molecule has 1 unspecified atom stereocenters. The van der Waals surface area contributed by atoms with Crippen LogP contribution in [0.2, 0.25) is 0 Å². The van der Waals surface area contributed by atoms with Crippen molar-refractivity contribution >= 4 is 77.3 Å². The lowest BCUT2D eigenvalue weighted by Gasteiger charge is -2.26. The molecule has 1 atom stereocenters. The highest BCUT2D eigenvalue weighted by Crippen LogP contribution is 2.41. The fourth-order valence-corrected chi connectivity index (χ4v) is 8.42. The van der Waals surface area contributed by atoms with Crippen molar-refractivity contribution in [1.29, 1.82) is 0 Å². The Hall–Kier alpha value is -6.85. The number of amidine groups is 1. The number of hydrogen-bond donors (Lipinski definition) is 1. The predicted octanol–water partition coefficient (Wildman–Crippen LogP) is 13.4. The van der Waals surface area contributed by atoms with E-state index in [0.29, 0.717) is 0 Å². The summed E-state index contributed by atoms with van der Waals surface area (Å²) in [4.78, 5) is 5.57. The molecule has 3 aromatic heterocycles. The van der Waals surface area contributed by atoms with Crippen LogP contribution < -0.4 is 5.32 Å². The number of nitrogens with zero attached hydrogens (tertiary/aromatic N) is 1. The lowest BCUT2D eigenvalue weighted by molar-refractivity contribution is 0.586. The second-order valence-corrected chi connectivity index (χ2v) is 14.3. The van der Waals surface area contributed by atoms with Gasteiger partial charge in [-0.05, 0) is 90.6 Å². The summed E-state index contributed by atoms with van der Waals surface area (Å²) in [5, 5.41) is 10.5. The molecule has 0 spiro atoms. The average Bonchev–Trinajstić information content (AvgIpc) is 3.90. The molecule has 10 aromatic rings. The summed E-state index contributed by atoms with van der Waals surface area (Å²) < 4.78 is 19.2. The van der Waals surface area contributed by atoms with Gasteiger partial charge in [-0.2, -0.15) is 0 Å². The maximum absolute atomic E-state index is 6.57.